The molecule has 0 spiro atoms. The maximum absolute atomic E-state index is 13.0. The lowest BCUT2D eigenvalue weighted by Gasteiger charge is -2.24. The van der Waals surface area contributed by atoms with E-state index in [0.717, 1.165) is 15.5 Å². The molecule has 0 N–H and O–H groups in total. The van der Waals surface area contributed by atoms with Gasteiger partial charge in [0.05, 0.1) is 28.8 Å². The smallest absolute Gasteiger partial charge is 0.329 e. The molecule has 1 aromatic heterocycles. The number of halogens is 4. The highest BCUT2D eigenvalue weighted by atomic mass is 35.5. The Morgan fingerprint density at radius 1 is 1.16 bits per heavy atom. The standard InChI is InChI=1S/C22H17ClF3N3OS/c23-18-3-1-2-17(8-18)9-20-28-19(13-31-20)10-21(30)29(14-22(24,25)26)12-16-6-4-15(11-27)5-7-16/h1-8,13H,9-10,12,14H2. The molecule has 0 aliphatic carbocycles. The van der Waals surface area contributed by atoms with E-state index in [2.05, 4.69) is 4.98 Å². The van der Waals surface area contributed by atoms with Gasteiger partial charge in [-0.1, -0.05) is 35.9 Å². The molecule has 0 unspecified atom stereocenters. The zero-order valence-corrected chi connectivity index (χ0v) is 17.8. The molecule has 0 saturated heterocycles. The maximum Gasteiger partial charge on any atom is 0.406 e. The summed E-state index contributed by atoms with van der Waals surface area (Å²) in [6.07, 6.45) is -4.22. The van der Waals surface area contributed by atoms with Crippen molar-refractivity contribution in [1.82, 2.24) is 9.88 Å². The van der Waals surface area contributed by atoms with Crippen molar-refractivity contribution in [2.24, 2.45) is 0 Å². The average molecular weight is 464 g/mol. The van der Waals surface area contributed by atoms with Crippen molar-refractivity contribution in [3.63, 3.8) is 0 Å². The van der Waals surface area contributed by atoms with E-state index in [1.54, 1.807) is 23.6 Å². The summed E-state index contributed by atoms with van der Waals surface area (Å²) in [6.45, 7) is -1.56. The number of aromatic nitrogens is 1. The third-order valence-electron chi connectivity index (χ3n) is 4.36. The van der Waals surface area contributed by atoms with Crippen LogP contribution in [0.4, 0.5) is 13.2 Å². The summed E-state index contributed by atoms with van der Waals surface area (Å²) < 4.78 is 39.1. The highest BCUT2D eigenvalue weighted by molar-refractivity contribution is 7.09. The molecule has 0 atom stereocenters. The number of nitriles is 1. The molecule has 0 aliphatic rings. The number of carbonyl (C=O) groups excluding carboxylic acids is 1. The Morgan fingerprint density at radius 2 is 1.90 bits per heavy atom. The van der Waals surface area contributed by atoms with Crippen molar-refractivity contribution in [2.75, 3.05) is 6.54 Å². The average Bonchev–Trinajstić information content (AvgIpc) is 3.13. The molecule has 0 bridgehead atoms. The van der Waals surface area contributed by atoms with Crippen LogP contribution in [0.2, 0.25) is 5.02 Å². The summed E-state index contributed by atoms with van der Waals surface area (Å²) in [5.41, 5.74) is 2.29. The van der Waals surface area contributed by atoms with Gasteiger partial charge in [0.1, 0.15) is 6.54 Å². The fourth-order valence-electron chi connectivity index (χ4n) is 2.95. The molecule has 0 saturated carbocycles. The van der Waals surface area contributed by atoms with Crippen LogP contribution in [0.5, 0.6) is 0 Å². The second-order valence-corrected chi connectivity index (χ2v) is 8.27. The van der Waals surface area contributed by atoms with Crippen LogP contribution in [0, 0.1) is 11.3 Å². The number of carbonyl (C=O) groups is 1. The quantitative estimate of drug-likeness (QED) is 0.472. The topological polar surface area (TPSA) is 57.0 Å². The van der Waals surface area contributed by atoms with Crippen LogP contribution in [-0.2, 0) is 24.2 Å². The monoisotopic (exact) mass is 463 g/mol. The summed E-state index contributed by atoms with van der Waals surface area (Å²) in [7, 11) is 0. The van der Waals surface area contributed by atoms with Crippen molar-refractivity contribution in [3.05, 3.63) is 86.3 Å². The molecule has 31 heavy (non-hydrogen) atoms. The van der Waals surface area contributed by atoms with Crippen LogP contribution in [-0.4, -0.2) is 28.5 Å². The Morgan fingerprint density at radius 3 is 2.55 bits per heavy atom. The summed E-state index contributed by atoms with van der Waals surface area (Å²) in [5.74, 6) is -0.665. The van der Waals surface area contributed by atoms with Crippen LogP contribution in [0.3, 0.4) is 0 Å². The molecule has 9 heteroatoms. The lowest BCUT2D eigenvalue weighted by atomic mass is 10.1. The number of thiazole rings is 1. The SMILES string of the molecule is N#Cc1ccc(CN(CC(F)(F)F)C(=O)Cc2csc(Cc3cccc(Cl)c3)n2)cc1. The van der Waals surface area contributed by atoms with E-state index in [-0.39, 0.29) is 13.0 Å². The molecule has 3 rings (SSSR count). The van der Waals surface area contributed by atoms with E-state index in [1.165, 1.54) is 23.5 Å². The van der Waals surface area contributed by atoms with Crippen molar-refractivity contribution >= 4 is 28.8 Å². The molecular formula is C22H17ClF3N3OS. The summed E-state index contributed by atoms with van der Waals surface area (Å²) in [6, 6.07) is 15.4. The van der Waals surface area contributed by atoms with E-state index < -0.39 is 18.6 Å². The number of nitrogens with zero attached hydrogens (tertiary/aromatic N) is 3. The number of hydrogen-bond donors (Lipinski definition) is 0. The van der Waals surface area contributed by atoms with Crippen molar-refractivity contribution < 1.29 is 18.0 Å². The number of benzene rings is 2. The third-order valence-corrected chi connectivity index (χ3v) is 5.49. The van der Waals surface area contributed by atoms with Gasteiger partial charge in [-0.2, -0.15) is 18.4 Å². The van der Waals surface area contributed by atoms with Crippen molar-refractivity contribution in [2.45, 2.75) is 25.6 Å². The van der Waals surface area contributed by atoms with Gasteiger partial charge in [-0.3, -0.25) is 4.79 Å². The molecule has 0 fully saturated rings. The van der Waals surface area contributed by atoms with Crippen LogP contribution in [0.1, 0.15) is 27.4 Å². The van der Waals surface area contributed by atoms with Crippen LogP contribution >= 0.6 is 22.9 Å². The lowest BCUT2D eigenvalue weighted by Crippen LogP contribution is -2.39. The highest BCUT2D eigenvalue weighted by Crippen LogP contribution is 2.21. The first-order valence-corrected chi connectivity index (χ1v) is 10.5. The lowest BCUT2D eigenvalue weighted by molar-refractivity contribution is -0.162. The molecule has 0 aliphatic heterocycles. The fourth-order valence-corrected chi connectivity index (χ4v) is 3.99. The minimum atomic E-state index is -4.53. The van der Waals surface area contributed by atoms with Crippen LogP contribution in [0.15, 0.2) is 53.9 Å². The second-order valence-electron chi connectivity index (χ2n) is 6.89. The molecule has 2 aromatic carbocycles. The van der Waals surface area contributed by atoms with Gasteiger partial charge in [0.2, 0.25) is 5.91 Å². The van der Waals surface area contributed by atoms with Crippen LogP contribution in [0.25, 0.3) is 0 Å². The van der Waals surface area contributed by atoms with E-state index in [9.17, 15) is 18.0 Å². The second kappa shape index (κ2) is 9.94. The fraction of sp³-hybridized carbons (Fsp3) is 0.227. The number of rotatable bonds is 7. The zero-order valence-electron chi connectivity index (χ0n) is 16.2. The van der Waals surface area contributed by atoms with Crippen LogP contribution < -0.4 is 0 Å². The van der Waals surface area contributed by atoms with Gasteiger partial charge in [0.25, 0.3) is 0 Å². The minimum Gasteiger partial charge on any atom is -0.329 e. The third kappa shape index (κ3) is 7.09. The van der Waals surface area contributed by atoms with Crippen molar-refractivity contribution in [3.8, 4) is 6.07 Å². The minimum absolute atomic E-state index is 0.205. The Hall–Kier alpha value is -2.89. The van der Waals surface area contributed by atoms with E-state index >= 15 is 0 Å². The molecule has 4 nitrogen and oxygen atoms in total. The molecule has 160 valence electrons. The maximum atomic E-state index is 13.0. The normalized spacial score (nSPS) is 11.2. The summed E-state index contributed by atoms with van der Waals surface area (Å²) >= 11 is 7.33. The first kappa shape index (κ1) is 22.8. The summed E-state index contributed by atoms with van der Waals surface area (Å²) in [4.78, 5) is 17.8. The van der Waals surface area contributed by atoms with Gasteiger partial charge in [0, 0.05) is 23.4 Å². The number of amides is 1. The Labute approximate surface area is 186 Å². The molecule has 0 radical (unpaired) electrons. The largest absolute Gasteiger partial charge is 0.406 e. The molecule has 1 amide bonds. The molecule has 3 aromatic rings. The Bertz CT molecular complexity index is 1090. The van der Waals surface area contributed by atoms with Crippen molar-refractivity contribution in [1.29, 1.82) is 5.26 Å². The first-order chi connectivity index (χ1) is 14.7. The molecular weight excluding hydrogens is 447 g/mol. The summed E-state index contributed by atoms with van der Waals surface area (Å²) in [5, 5.41) is 11.9. The van der Waals surface area contributed by atoms with E-state index in [0.29, 0.717) is 28.3 Å². The number of alkyl halides is 3. The van der Waals surface area contributed by atoms with E-state index in [1.807, 2.05) is 24.3 Å². The predicted octanol–water partition coefficient (Wildman–Crippen LogP) is 5.39. The van der Waals surface area contributed by atoms with Gasteiger partial charge in [-0.05, 0) is 35.4 Å². The van der Waals surface area contributed by atoms with Gasteiger partial charge >= 0.3 is 6.18 Å². The molecule has 1 heterocycles. The van der Waals surface area contributed by atoms with Gasteiger partial charge in [-0.25, -0.2) is 4.98 Å². The Balaban J connectivity index is 1.69. The van der Waals surface area contributed by atoms with Gasteiger partial charge in [0.15, 0.2) is 0 Å². The van der Waals surface area contributed by atoms with E-state index in [4.69, 9.17) is 16.9 Å². The number of hydrogen-bond acceptors (Lipinski definition) is 4. The first-order valence-electron chi connectivity index (χ1n) is 9.23. The van der Waals surface area contributed by atoms with Gasteiger partial charge in [-0.15, -0.1) is 11.3 Å². The Kier molecular flexibility index (Phi) is 7.31. The predicted molar refractivity (Wildman–Crippen MR) is 113 cm³/mol. The van der Waals surface area contributed by atoms with Gasteiger partial charge < -0.3 is 4.90 Å². The highest BCUT2D eigenvalue weighted by Gasteiger charge is 2.33. The zero-order chi connectivity index (χ0) is 22.4.